The highest BCUT2D eigenvalue weighted by Gasteiger charge is 2.67. The third-order valence-electron chi connectivity index (χ3n) is 4.14. The Hall–Kier alpha value is -1.19. The Balaban J connectivity index is 1.67. The minimum absolute atomic E-state index is 0.163. The van der Waals surface area contributed by atoms with Crippen molar-refractivity contribution in [2.75, 3.05) is 0 Å². The summed E-state index contributed by atoms with van der Waals surface area (Å²) in [6.07, 6.45) is 3.41. The first-order valence-electron chi connectivity index (χ1n) is 6.00. The highest BCUT2D eigenvalue weighted by Crippen LogP contribution is 2.66. The van der Waals surface area contributed by atoms with Crippen LogP contribution in [0.2, 0.25) is 0 Å². The largest absolute Gasteiger partial charge is 0.325 e. The van der Waals surface area contributed by atoms with E-state index in [4.69, 9.17) is 10.7 Å². The zero-order valence-corrected chi connectivity index (χ0v) is 10.3. The van der Waals surface area contributed by atoms with E-state index in [0.717, 1.165) is 24.3 Å². The van der Waals surface area contributed by atoms with Crippen LogP contribution in [-0.2, 0) is 5.41 Å². The maximum Gasteiger partial charge on any atom is 0.123 e. The van der Waals surface area contributed by atoms with Gasteiger partial charge in [0.05, 0.1) is 5.69 Å². The third kappa shape index (κ3) is 1.27. The second-order valence-electron chi connectivity index (χ2n) is 5.58. The maximum absolute atomic E-state index is 6.10. The highest BCUT2D eigenvalue weighted by atomic mass is 32.1. The van der Waals surface area contributed by atoms with Gasteiger partial charge >= 0.3 is 0 Å². The van der Waals surface area contributed by atoms with Gasteiger partial charge in [-0.05, 0) is 19.3 Å². The molecule has 86 valence electrons. The second-order valence-corrected chi connectivity index (χ2v) is 6.44. The molecule has 0 aliphatic heterocycles. The molecule has 5 rings (SSSR count). The van der Waals surface area contributed by atoms with Gasteiger partial charge in [0.2, 0.25) is 0 Å². The van der Waals surface area contributed by atoms with Crippen molar-refractivity contribution in [3.8, 4) is 10.6 Å². The van der Waals surface area contributed by atoms with Crippen molar-refractivity contribution in [3.05, 3.63) is 41.4 Å². The Bertz CT molecular complexity index is 553. The summed E-state index contributed by atoms with van der Waals surface area (Å²) in [5, 5.41) is 3.36. The van der Waals surface area contributed by atoms with E-state index < -0.39 is 0 Å². The lowest BCUT2D eigenvalue weighted by molar-refractivity contribution is -0.0615. The first-order chi connectivity index (χ1) is 8.19. The predicted molar refractivity (Wildman–Crippen MR) is 70.0 cm³/mol. The SMILES string of the molecule is NC12CC(c3csc(-c4ccccc4)n3)(C1)C2. The Morgan fingerprint density at radius 1 is 1.12 bits per heavy atom. The molecule has 0 saturated heterocycles. The fraction of sp³-hybridized carbons (Fsp3) is 0.357. The second kappa shape index (κ2) is 2.98. The van der Waals surface area contributed by atoms with Crippen LogP contribution in [0.4, 0.5) is 0 Å². The molecule has 0 atom stereocenters. The van der Waals surface area contributed by atoms with Crippen molar-refractivity contribution in [2.45, 2.75) is 30.2 Å². The van der Waals surface area contributed by atoms with Crippen molar-refractivity contribution in [2.24, 2.45) is 5.73 Å². The predicted octanol–water partition coefficient (Wildman–Crippen LogP) is 2.94. The smallest absolute Gasteiger partial charge is 0.123 e. The van der Waals surface area contributed by atoms with Crippen LogP contribution in [0, 0.1) is 0 Å². The minimum Gasteiger partial charge on any atom is -0.325 e. The van der Waals surface area contributed by atoms with Crippen molar-refractivity contribution in [3.63, 3.8) is 0 Å². The quantitative estimate of drug-likeness (QED) is 0.879. The Kier molecular flexibility index (Phi) is 1.72. The molecular formula is C14H14N2S. The van der Waals surface area contributed by atoms with Gasteiger partial charge < -0.3 is 5.73 Å². The Labute approximate surface area is 105 Å². The molecule has 3 saturated carbocycles. The number of rotatable bonds is 2. The van der Waals surface area contributed by atoms with Gasteiger partial charge in [-0.2, -0.15) is 0 Å². The number of thiazole rings is 1. The van der Waals surface area contributed by atoms with Gasteiger partial charge in [0.25, 0.3) is 0 Å². The standard InChI is InChI=1S/C14H14N2S/c15-14-7-13(8-14,9-14)11-6-17-12(16-11)10-4-2-1-3-5-10/h1-6H,7-9,15H2. The average Bonchev–Trinajstić information content (AvgIpc) is 2.74. The number of aromatic nitrogens is 1. The van der Waals surface area contributed by atoms with Crippen LogP contribution in [0.3, 0.4) is 0 Å². The van der Waals surface area contributed by atoms with Crippen molar-refractivity contribution >= 4 is 11.3 Å². The molecule has 0 unspecified atom stereocenters. The Morgan fingerprint density at radius 3 is 2.47 bits per heavy atom. The summed E-state index contributed by atoms with van der Waals surface area (Å²) in [6.45, 7) is 0. The third-order valence-corrected chi connectivity index (χ3v) is 5.03. The van der Waals surface area contributed by atoms with Crippen LogP contribution in [-0.4, -0.2) is 10.5 Å². The van der Waals surface area contributed by atoms with E-state index in [0.29, 0.717) is 5.41 Å². The number of nitrogens with zero attached hydrogens (tertiary/aromatic N) is 1. The summed E-state index contributed by atoms with van der Waals surface area (Å²) in [6, 6.07) is 10.4. The van der Waals surface area contributed by atoms with Gasteiger partial charge in [0.1, 0.15) is 5.01 Å². The fourth-order valence-corrected chi connectivity index (χ4v) is 4.32. The molecule has 0 amide bonds. The molecule has 3 aliphatic carbocycles. The number of hydrogen-bond acceptors (Lipinski definition) is 3. The number of nitrogens with two attached hydrogens (primary N) is 1. The van der Waals surface area contributed by atoms with Gasteiger partial charge in [-0.3, -0.25) is 0 Å². The molecule has 1 heterocycles. The van der Waals surface area contributed by atoms with E-state index in [-0.39, 0.29) is 5.54 Å². The monoisotopic (exact) mass is 242 g/mol. The summed E-state index contributed by atoms with van der Waals surface area (Å²) >= 11 is 1.75. The zero-order chi connectivity index (χ0) is 11.5. The molecule has 1 aromatic heterocycles. The van der Waals surface area contributed by atoms with Crippen LogP contribution in [0.5, 0.6) is 0 Å². The average molecular weight is 242 g/mol. The molecule has 3 aliphatic rings. The molecule has 0 spiro atoms. The van der Waals surface area contributed by atoms with Crippen molar-refractivity contribution < 1.29 is 0 Å². The van der Waals surface area contributed by atoms with Gasteiger partial charge in [-0.1, -0.05) is 30.3 Å². The molecular weight excluding hydrogens is 228 g/mol. The van der Waals surface area contributed by atoms with Gasteiger partial charge in [-0.25, -0.2) is 4.98 Å². The molecule has 2 bridgehead atoms. The van der Waals surface area contributed by atoms with Crippen molar-refractivity contribution in [1.29, 1.82) is 0 Å². The van der Waals surface area contributed by atoms with E-state index >= 15 is 0 Å². The van der Waals surface area contributed by atoms with E-state index in [2.05, 4.69) is 29.6 Å². The summed E-state index contributed by atoms with van der Waals surface area (Å²) in [5.41, 5.74) is 9.10. The fourth-order valence-electron chi connectivity index (χ4n) is 3.37. The molecule has 3 heteroatoms. The van der Waals surface area contributed by atoms with Gasteiger partial charge in [-0.15, -0.1) is 11.3 Å². The first-order valence-corrected chi connectivity index (χ1v) is 6.88. The summed E-state index contributed by atoms with van der Waals surface area (Å²) < 4.78 is 0. The normalized spacial score (nSPS) is 33.9. The number of benzene rings is 1. The maximum atomic E-state index is 6.10. The number of hydrogen-bond donors (Lipinski definition) is 1. The molecule has 2 aromatic rings. The lowest BCUT2D eigenvalue weighted by Crippen LogP contribution is -2.74. The van der Waals surface area contributed by atoms with Crippen molar-refractivity contribution in [1.82, 2.24) is 4.98 Å². The highest BCUT2D eigenvalue weighted by molar-refractivity contribution is 7.13. The van der Waals surface area contributed by atoms with Gasteiger partial charge in [0.15, 0.2) is 0 Å². The molecule has 1 aromatic carbocycles. The molecule has 17 heavy (non-hydrogen) atoms. The molecule has 0 radical (unpaired) electrons. The summed E-state index contributed by atoms with van der Waals surface area (Å²) in [4.78, 5) is 4.81. The zero-order valence-electron chi connectivity index (χ0n) is 9.52. The summed E-state index contributed by atoms with van der Waals surface area (Å²) in [7, 11) is 0. The van der Waals surface area contributed by atoms with Crippen LogP contribution < -0.4 is 5.73 Å². The molecule has 2 N–H and O–H groups in total. The first kappa shape index (κ1) is 9.80. The van der Waals surface area contributed by atoms with Crippen LogP contribution >= 0.6 is 11.3 Å². The lowest BCUT2D eigenvalue weighted by Gasteiger charge is -2.68. The Morgan fingerprint density at radius 2 is 1.82 bits per heavy atom. The van der Waals surface area contributed by atoms with E-state index in [1.54, 1.807) is 11.3 Å². The minimum atomic E-state index is 0.163. The van der Waals surface area contributed by atoms with Gasteiger partial charge in [0, 0.05) is 21.9 Å². The summed E-state index contributed by atoms with van der Waals surface area (Å²) in [5.74, 6) is 0. The molecule has 3 fully saturated rings. The topological polar surface area (TPSA) is 38.9 Å². The van der Waals surface area contributed by atoms with E-state index in [1.165, 1.54) is 11.3 Å². The van der Waals surface area contributed by atoms with Crippen LogP contribution in [0.25, 0.3) is 10.6 Å². The lowest BCUT2D eigenvalue weighted by atomic mass is 9.39. The molecule has 2 nitrogen and oxygen atoms in total. The van der Waals surface area contributed by atoms with Crippen LogP contribution in [0.1, 0.15) is 25.0 Å². The van der Waals surface area contributed by atoms with E-state index in [1.807, 2.05) is 6.07 Å². The van der Waals surface area contributed by atoms with E-state index in [9.17, 15) is 0 Å². The van der Waals surface area contributed by atoms with Crippen LogP contribution in [0.15, 0.2) is 35.7 Å².